The fourth-order valence-corrected chi connectivity index (χ4v) is 10.3. The summed E-state index contributed by atoms with van der Waals surface area (Å²) in [5, 5.41) is 43.6. The molecule has 0 aliphatic carbocycles. The largest absolute Gasteiger partial charge is 0.310 e. The van der Waals surface area contributed by atoms with Crippen LogP contribution in [0, 0.1) is 78.5 Å². The second-order valence-corrected chi connectivity index (χ2v) is 17.3. The Morgan fingerprint density at radius 3 is 1.40 bits per heavy atom. The molecule has 73 heavy (non-hydrogen) atoms. The minimum Gasteiger partial charge on any atom is -0.310 e. The van der Waals surface area contributed by atoms with Crippen molar-refractivity contribution in [2.75, 3.05) is 0 Å². The minimum absolute atomic E-state index is 0.211. The Kier molecular flexibility index (Phi) is 10.6. The summed E-state index contributed by atoms with van der Waals surface area (Å²) in [4.78, 5) is 14.9. The average molecular weight is 927 g/mol. The highest BCUT2D eigenvalue weighted by molar-refractivity contribution is 6.13. The van der Waals surface area contributed by atoms with Crippen molar-refractivity contribution in [2.24, 2.45) is 0 Å². The van der Waals surface area contributed by atoms with Gasteiger partial charge in [-0.15, -0.1) is 0 Å². The SMILES string of the molecule is [C-]#[N+]c1cc(C#N)c(-c2ccc3c(c2)c2ccccc2n3-c2cc(-c3ccc(C#N)cc3C)ccc2-c2ccc([N+]#[C-])cc2-n2c3ccccc3c3cc(-c4c([N+]#[C-])cc(C#N)cc4[N+]#[C-])ccc32)c(C#N)c1. The van der Waals surface area contributed by atoms with Crippen molar-refractivity contribution in [1.82, 2.24) is 9.13 Å². The van der Waals surface area contributed by atoms with Crippen LogP contribution >= 0.6 is 0 Å². The third-order valence-corrected chi connectivity index (χ3v) is 13.4. The van der Waals surface area contributed by atoms with Crippen LogP contribution in [-0.2, 0) is 0 Å². The van der Waals surface area contributed by atoms with Crippen molar-refractivity contribution in [1.29, 1.82) is 21.0 Å². The molecule has 10 heteroatoms. The first kappa shape index (κ1) is 44.0. The van der Waals surface area contributed by atoms with Crippen LogP contribution in [0.25, 0.3) is 119 Å². The van der Waals surface area contributed by atoms with E-state index in [-0.39, 0.29) is 33.8 Å². The summed E-state index contributed by atoms with van der Waals surface area (Å²) in [5.41, 5.74) is 13.9. The molecule has 0 unspecified atom stereocenters. The molecule has 0 N–H and O–H groups in total. The Morgan fingerprint density at radius 2 is 0.877 bits per heavy atom. The third-order valence-electron chi connectivity index (χ3n) is 13.4. The van der Waals surface area contributed by atoms with Gasteiger partial charge < -0.3 is 9.13 Å². The average Bonchev–Trinajstić information content (AvgIpc) is 3.95. The standard InChI is InChI=1S/C63H30N10/c1-37-24-38(33-64)14-19-47(37)40-15-20-50(60(31-40)72-56-12-8-6-10-48(56)52-29-41(16-22-58(52)72)62-43(35-66)27-46(69-3)28-44(62)36-67)51-21-18-45(68-2)32-61(51)73-57-13-9-7-11-49(57)53-30-42(17-23-59(53)73)63-54(70-4)25-39(34-65)26-55(63)71-5/h6-32H,1H3. The van der Waals surface area contributed by atoms with Gasteiger partial charge >= 0.3 is 0 Å². The van der Waals surface area contributed by atoms with Crippen LogP contribution in [0.3, 0.4) is 0 Å². The summed E-state index contributed by atoms with van der Waals surface area (Å²) in [6.07, 6.45) is 0. The Hall–Kier alpha value is -11.5. The number of para-hydroxylation sites is 2. The van der Waals surface area contributed by atoms with Gasteiger partial charge in [-0.25, -0.2) is 19.4 Å². The number of hydrogen-bond acceptors (Lipinski definition) is 4. The fraction of sp³-hybridized carbons (Fsp3) is 0.0159. The van der Waals surface area contributed by atoms with Gasteiger partial charge in [0, 0.05) is 49.5 Å². The van der Waals surface area contributed by atoms with Gasteiger partial charge in [0.15, 0.2) is 22.7 Å². The molecule has 0 saturated heterocycles. The molecule has 0 aliphatic heterocycles. The molecular weight excluding hydrogens is 897 g/mol. The number of aryl methyl sites for hydroxylation is 1. The molecule has 11 aromatic rings. The molecule has 10 nitrogen and oxygen atoms in total. The minimum atomic E-state index is 0.211. The molecule has 11 rings (SSSR count). The van der Waals surface area contributed by atoms with Crippen molar-refractivity contribution in [3.63, 3.8) is 0 Å². The maximum Gasteiger partial charge on any atom is 0.189 e. The van der Waals surface area contributed by atoms with Crippen molar-refractivity contribution in [3.8, 4) is 80.2 Å². The molecule has 0 aliphatic rings. The van der Waals surface area contributed by atoms with E-state index in [0.717, 1.165) is 82.8 Å². The Bertz CT molecular complexity index is 4550. The predicted molar refractivity (Wildman–Crippen MR) is 286 cm³/mol. The summed E-state index contributed by atoms with van der Waals surface area (Å²) in [6.45, 7) is 33.8. The number of aromatic nitrogens is 2. The zero-order chi connectivity index (χ0) is 50.5. The first-order valence-electron chi connectivity index (χ1n) is 22.7. The van der Waals surface area contributed by atoms with E-state index in [0.29, 0.717) is 33.5 Å². The van der Waals surface area contributed by atoms with Crippen LogP contribution in [-0.4, -0.2) is 9.13 Å². The number of rotatable bonds is 6. The molecule has 0 bridgehead atoms. The maximum absolute atomic E-state index is 10.3. The molecule has 0 radical (unpaired) electrons. The zero-order valence-electron chi connectivity index (χ0n) is 38.6. The fourth-order valence-electron chi connectivity index (χ4n) is 10.3. The van der Waals surface area contributed by atoms with E-state index in [9.17, 15) is 21.0 Å². The predicted octanol–water partition coefficient (Wildman–Crippen LogP) is 16.5. The van der Waals surface area contributed by atoms with Gasteiger partial charge in [-0.1, -0.05) is 78.9 Å². The monoisotopic (exact) mass is 926 g/mol. The van der Waals surface area contributed by atoms with Gasteiger partial charge in [0.25, 0.3) is 0 Å². The summed E-state index contributed by atoms with van der Waals surface area (Å²) >= 11 is 0. The molecule has 332 valence electrons. The first-order valence-corrected chi connectivity index (χ1v) is 22.7. The molecule has 0 spiro atoms. The van der Waals surface area contributed by atoms with Gasteiger partial charge in [0.1, 0.15) is 0 Å². The van der Waals surface area contributed by atoms with Gasteiger partial charge in [-0.3, -0.25) is 0 Å². The molecule has 9 aromatic carbocycles. The van der Waals surface area contributed by atoms with E-state index in [4.69, 9.17) is 26.3 Å². The highest BCUT2D eigenvalue weighted by atomic mass is 15.0. The lowest BCUT2D eigenvalue weighted by molar-refractivity contribution is 1.16. The quantitative estimate of drug-likeness (QED) is 0.154. The van der Waals surface area contributed by atoms with Crippen LogP contribution in [0.1, 0.15) is 27.8 Å². The first-order chi connectivity index (χ1) is 35.7. The number of nitriles is 4. The highest BCUT2D eigenvalue weighted by Gasteiger charge is 2.24. The van der Waals surface area contributed by atoms with Crippen molar-refractivity contribution in [2.45, 2.75) is 6.92 Å². The second kappa shape index (κ2) is 17.5. The third kappa shape index (κ3) is 7.04. The molecule has 0 saturated carbocycles. The molecule has 0 amide bonds. The van der Waals surface area contributed by atoms with Crippen LogP contribution in [0.4, 0.5) is 22.7 Å². The lowest BCUT2D eigenvalue weighted by Crippen LogP contribution is -2.02. The molecular formula is C63H30N10. The van der Waals surface area contributed by atoms with E-state index in [1.807, 2.05) is 122 Å². The van der Waals surface area contributed by atoms with Crippen LogP contribution < -0.4 is 0 Å². The second-order valence-electron chi connectivity index (χ2n) is 17.3. The van der Waals surface area contributed by atoms with Crippen molar-refractivity contribution in [3.05, 3.63) is 237 Å². The lowest BCUT2D eigenvalue weighted by atomic mass is 9.93. The van der Waals surface area contributed by atoms with Crippen molar-refractivity contribution < 1.29 is 0 Å². The summed E-state index contributed by atoms with van der Waals surface area (Å²) < 4.78 is 4.37. The van der Waals surface area contributed by atoms with Gasteiger partial charge in [-0.05, 0) is 125 Å². The van der Waals surface area contributed by atoms with E-state index >= 15 is 0 Å². The van der Waals surface area contributed by atoms with Crippen LogP contribution in [0.2, 0.25) is 0 Å². The Balaban J connectivity index is 1.21. The van der Waals surface area contributed by atoms with Crippen LogP contribution in [0.5, 0.6) is 0 Å². The summed E-state index contributed by atoms with van der Waals surface area (Å²) in [5.74, 6) is 0. The van der Waals surface area contributed by atoms with Gasteiger partial charge in [0.2, 0.25) is 0 Å². The smallest absolute Gasteiger partial charge is 0.189 e. The lowest BCUT2D eigenvalue weighted by Gasteiger charge is -2.20. The highest BCUT2D eigenvalue weighted by Crippen LogP contribution is 2.47. The summed E-state index contributed by atoms with van der Waals surface area (Å²) in [7, 11) is 0. The van der Waals surface area contributed by atoms with E-state index < -0.39 is 0 Å². The van der Waals surface area contributed by atoms with Crippen LogP contribution in [0.15, 0.2) is 164 Å². The van der Waals surface area contributed by atoms with E-state index in [1.165, 1.54) is 24.3 Å². The molecule has 2 heterocycles. The number of benzene rings is 9. The molecule has 0 fully saturated rings. The number of fused-ring (bicyclic) bond motifs is 6. The van der Waals surface area contributed by atoms with Gasteiger partial charge in [0.05, 0.1) is 95.0 Å². The van der Waals surface area contributed by atoms with Gasteiger partial charge in [-0.2, -0.15) is 21.0 Å². The normalized spacial score (nSPS) is 10.7. The number of nitrogens with zero attached hydrogens (tertiary/aromatic N) is 10. The molecule has 2 aromatic heterocycles. The Morgan fingerprint density at radius 1 is 0.384 bits per heavy atom. The number of hydrogen-bond donors (Lipinski definition) is 0. The van der Waals surface area contributed by atoms with E-state index in [1.54, 1.807) is 0 Å². The molecule has 0 atom stereocenters. The Labute approximate surface area is 419 Å². The topological polar surface area (TPSA) is 122 Å². The zero-order valence-corrected chi connectivity index (χ0v) is 38.6. The van der Waals surface area contributed by atoms with Crippen molar-refractivity contribution >= 4 is 66.4 Å². The maximum atomic E-state index is 10.3. The summed E-state index contributed by atoms with van der Waals surface area (Å²) in [6, 6.07) is 60.3. The van der Waals surface area contributed by atoms with E-state index in [2.05, 4.69) is 77.1 Å².